The monoisotopic (exact) mass is 184 g/mol. The van der Waals surface area contributed by atoms with Crippen molar-refractivity contribution in [1.82, 2.24) is 0 Å². The van der Waals surface area contributed by atoms with Gasteiger partial charge in [-0.25, -0.2) is 0 Å². The van der Waals surface area contributed by atoms with Crippen LogP contribution in [0.4, 0.5) is 0 Å². The standard InChI is InChI=1S/C6H5ClOS.Na.H/c7-9-6-4-2-1-3-5(6)8;;/h1-4,8H;;/q;+1;-1. The van der Waals surface area contributed by atoms with Crippen molar-refractivity contribution in [3.8, 4) is 5.75 Å². The van der Waals surface area contributed by atoms with E-state index in [-0.39, 0.29) is 36.7 Å². The van der Waals surface area contributed by atoms with Crippen LogP contribution in [0, 0.1) is 0 Å². The molecule has 0 aliphatic heterocycles. The Bertz CT molecular complexity index is 212. The molecule has 0 saturated carbocycles. The van der Waals surface area contributed by atoms with Crippen LogP contribution in [0.15, 0.2) is 29.2 Å². The van der Waals surface area contributed by atoms with Crippen molar-refractivity contribution in [3.05, 3.63) is 24.3 Å². The number of aromatic hydroxyl groups is 1. The van der Waals surface area contributed by atoms with Crippen LogP contribution in [-0.2, 0) is 0 Å². The minimum absolute atomic E-state index is 0. The van der Waals surface area contributed by atoms with Crippen molar-refractivity contribution < 1.29 is 36.1 Å². The maximum Gasteiger partial charge on any atom is 1.00 e. The molecule has 0 spiro atoms. The van der Waals surface area contributed by atoms with Crippen LogP contribution in [0.25, 0.3) is 0 Å². The topological polar surface area (TPSA) is 20.2 Å². The molecule has 1 aromatic rings. The molecule has 1 N–H and O–H groups in total. The van der Waals surface area contributed by atoms with Crippen LogP contribution < -0.4 is 29.6 Å². The van der Waals surface area contributed by atoms with Crippen LogP contribution in [0.5, 0.6) is 5.75 Å². The Kier molecular flexibility index (Phi) is 5.68. The SMILES string of the molecule is Oc1ccccc1SCl.[H-].[Na+]. The van der Waals surface area contributed by atoms with Crippen LogP contribution >= 0.6 is 21.7 Å². The fraction of sp³-hybridized carbons (Fsp3) is 0. The molecule has 0 saturated heterocycles. The third-order valence-corrected chi connectivity index (χ3v) is 1.96. The van der Waals surface area contributed by atoms with Gasteiger partial charge in [0.25, 0.3) is 0 Å². The molecule has 1 rings (SSSR count). The molecular formula is C6H6ClNaOS. The van der Waals surface area contributed by atoms with E-state index in [9.17, 15) is 0 Å². The maximum absolute atomic E-state index is 9.01. The Morgan fingerprint density at radius 3 is 2.40 bits per heavy atom. The van der Waals surface area contributed by atoms with Crippen LogP contribution in [-0.4, -0.2) is 5.11 Å². The van der Waals surface area contributed by atoms with Crippen molar-refractivity contribution >= 4 is 21.7 Å². The minimum atomic E-state index is 0. The van der Waals surface area contributed by atoms with Gasteiger partial charge in [0, 0.05) is 0 Å². The third-order valence-electron chi connectivity index (χ3n) is 0.948. The zero-order chi connectivity index (χ0) is 6.69. The number of rotatable bonds is 1. The van der Waals surface area contributed by atoms with Gasteiger partial charge in [-0.1, -0.05) is 12.1 Å². The number of phenols is 1. The van der Waals surface area contributed by atoms with Gasteiger partial charge in [0.2, 0.25) is 0 Å². The van der Waals surface area contributed by atoms with Gasteiger partial charge >= 0.3 is 29.6 Å². The van der Waals surface area contributed by atoms with Crippen molar-refractivity contribution in [3.63, 3.8) is 0 Å². The second kappa shape index (κ2) is 5.33. The second-order valence-electron chi connectivity index (χ2n) is 1.54. The van der Waals surface area contributed by atoms with Crippen molar-refractivity contribution in [2.24, 2.45) is 0 Å². The number of para-hydroxylation sites is 1. The molecule has 4 heteroatoms. The van der Waals surface area contributed by atoms with Gasteiger partial charge in [0.1, 0.15) is 5.75 Å². The molecule has 0 radical (unpaired) electrons. The van der Waals surface area contributed by atoms with E-state index in [1.807, 2.05) is 6.07 Å². The summed E-state index contributed by atoms with van der Waals surface area (Å²) in [5.41, 5.74) is 0. The predicted molar refractivity (Wildman–Crippen MR) is 40.9 cm³/mol. The summed E-state index contributed by atoms with van der Waals surface area (Å²) < 4.78 is 0. The molecule has 0 aliphatic rings. The molecule has 1 aromatic carbocycles. The number of halogens is 1. The zero-order valence-corrected chi connectivity index (χ0v) is 9.12. The molecular weight excluding hydrogens is 179 g/mol. The molecule has 50 valence electrons. The fourth-order valence-corrected chi connectivity index (χ4v) is 1.19. The third kappa shape index (κ3) is 2.72. The molecule has 0 atom stereocenters. The van der Waals surface area contributed by atoms with E-state index in [0.29, 0.717) is 4.90 Å². The predicted octanol–water partition coefficient (Wildman–Crippen LogP) is -0.245. The molecule has 0 fully saturated rings. The normalized spacial score (nSPS) is 8.50. The van der Waals surface area contributed by atoms with E-state index >= 15 is 0 Å². The van der Waals surface area contributed by atoms with E-state index in [0.717, 1.165) is 11.0 Å². The van der Waals surface area contributed by atoms with Crippen molar-refractivity contribution in [1.29, 1.82) is 0 Å². The number of benzene rings is 1. The van der Waals surface area contributed by atoms with Crippen molar-refractivity contribution in [2.45, 2.75) is 4.90 Å². The molecule has 0 unspecified atom stereocenters. The second-order valence-corrected chi connectivity index (χ2v) is 2.60. The van der Waals surface area contributed by atoms with Gasteiger partial charge in [0.15, 0.2) is 0 Å². The summed E-state index contributed by atoms with van der Waals surface area (Å²) in [6.07, 6.45) is 0. The Morgan fingerprint density at radius 2 is 2.00 bits per heavy atom. The average Bonchev–Trinajstić information content (AvgIpc) is 1.89. The fourth-order valence-electron chi connectivity index (χ4n) is 0.522. The number of hydrogen-bond acceptors (Lipinski definition) is 2. The first-order chi connectivity index (χ1) is 4.34. The summed E-state index contributed by atoms with van der Waals surface area (Å²) in [5, 5.41) is 9.01. The summed E-state index contributed by atoms with van der Waals surface area (Å²) >= 11 is 0. The molecule has 0 aliphatic carbocycles. The van der Waals surface area contributed by atoms with E-state index in [1.165, 1.54) is 0 Å². The van der Waals surface area contributed by atoms with E-state index in [4.69, 9.17) is 15.8 Å². The first kappa shape index (κ1) is 10.7. The maximum atomic E-state index is 9.01. The van der Waals surface area contributed by atoms with E-state index in [2.05, 4.69) is 0 Å². The average molecular weight is 185 g/mol. The van der Waals surface area contributed by atoms with E-state index < -0.39 is 0 Å². The quantitative estimate of drug-likeness (QED) is 0.608. The number of hydrogen-bond donors (Lipinski definition) is 1. The van der Waals surface area contributed by atoms with Gasteiger partial charge < -0.3 is 6.53 Å². The van der Waals surface area contributed by atoms with Crippen molar-refractivity contribution in [2.75, 3.05) is 0 Å². The summed E-state index contributed by atoms with van der Waals surface area (Å²) in [6.45, 7) is 0. The molecule has 0 amide bonds. The Balaban J connectivity index is 0. The smallest absolute Gasteiger partial charge is 1.00 e. The zero-order valence-electron chi connectivity index (χ0n) is 6.54. The van der Waals surface area contributed by atoms with Gasteiger partial charge in [-0.05, 0) is 33.8 Å². The number of phenolic OH excluding ortho intramolecular Hbond substituents is 1. The van der Waals surface area contributed by atoms with Gasteiger partial charge in [0.05, 0.1) is 4.90 Å². The summed E-state index contributed by atoms with van der Waals surface area (Å²) in [4.78, 5) is 0.694. The molecule has 10 heavy (non-hydrogen) atoms. The van der Waals surface area contributed by atoms with Crippen LogP contribution in [0.3, 0.4) is 0 Å². The minimum Gasteiger partial charge on any atom is -1.00 e. The Labute approximate surface area is 92.1 Å². The van der Waals surface area contributed by atoms with E-state index in [1.54, 1.807) is 18.2 Å². The van der Waals surface area contributed by atoms with Crippen LogP contribution in [0.2, 0.25) is 0 Å². The van der Waals surface area contributed by atoms with Gasteiger partial charge in [-0.15, -0.1) is 0 Å². The summed E-state index contributed by atoms with van der Waals surface area (Å²) in [6, 6.07) is 6.94. The Morgan fingerprint density at radius 1 is 1.40 bits per heavy atom. The Hall–Kier alpha value is 0.660. The summed E-state index contributed by atoms with van der Waals surface area (Å²) in [7, 11) is 6.41. The first-order valence-electron chi connectivity index (χ1n) is 2.41. The van der Waals surface area contributed by atoms with Gasteiger partial charge in [-0.3, -0.25) is 0 Å². The molecule has 0 heterocycles. The van der Waals surface area contributed by atoms with Gasteiger partial charge in [-0.2, -0.15) is 0 Å². The molecule has 1 nitrogen and oxygen atoms in total. The summed E-state index contributed by atoms with van der Waals surface area (Å²) in [5.74, 6) is 0.234. The largest absolute Gasteiger partial charge is 1.00 e. The first-order valence-corrected chi connectivity index (χ1v) is 4.05. The molecule has 0 bridgehead atoms. The molecule has 0 aromatic heterocycles. The van der Waals surface area contributed by atoms with Crippen LogP contribution in [0.1, 0.15) is 1.43 Å².